The van der Waals surface area contributed by atoms with Crippen LogP contribution in [-0.4, -0.2) is 10.2 Å². The van der Waals surface area contributed by atoms with Gasteiger partial charge in [-0.3, -0.25) is 0 Å². The number of hydrogen-bond donors (Lipinski definition) is 1. The molecule has 5 heteroatoms. The smallest absolute Gasteiger partial charge is 0.315 e. The van der Waals surface area contributed by atoms with Crippen molar-refractivity contribution in [3.05, 3.63) is 39.3 Å². The molecule has 0 saturated heterocycles. The summed E-state index contributed by atoms with van der Waals surface area (Å²) in [6.45, 7) is 2.68. The van der Waals surface area contributed by atoms with Crippen LogP contribution in [0.5, 0.6) is 0 Å². The molecule has 84 valence electrons. The van der Waals surface area contributed by atoms with Gasteiger partial charge in [0.15, 0.2) is 0 Å². The van der Waals surface area contributed by atoms with E-state index in [1.165, 1.54) is 9.13 Å². The maximum absolute atomic E-state index is 5.35. The first kappa shape index (κ1) is 11.4. The number of nitrogens with one attached hydrogen (secondary N) is 1. The summed E-state index contributed by atoms with van der Waals surface area (Å²) in [5.41, 5.74) is 1.20. The van der Waals surface area contributed by atoms with Crippen LogP contribution in [0.2, 0.25) is 0 Å². The molecule has 1 N–H and O–H groups in total. The molecule has 0 amide bonds. The highest BCUT2D eigenvalue weighted by Gasteiger charge is 2.03. The molecule has 2 aromatic rings. The van der Waals surface area contributed by atoms with Crippen LogP contribution < -0.4 is 5.32 Å². The topological polar surface area (TPSA) is 51.0 Å². The number of rotatable bonds is 4. The highest BCUT2D eigenvalue weighted by molar-refractivity contribution is 14.1. The van der Waals surface area contributed by atoms with Crippen molar-refractivity contribution < 1.29 is 4.42 Å². The Labute approximate surface area is 108 Å². The summed E-state index contributed by atoms with van der Waals surface area (Å²) in [6, 6.07) is 8.75. The van der Waals surface area contributed by atoms with Crippen molar-refractivity contribution in [2.75, 3.05) is 5.32 Å². The fourth-order valence-electron chi connectivity index (χ4n) is 1.29. The van der Waals surface area contributed by atoms with Gasteiger partial charge in [-0.2, -0.15) is 0 Å². The molecule has 0 aliphatic rings. The Morgan fingerprint density at radius 1 is 1.38 bits per heavy atom. The fourth-order valence-corrected chi connectivity index (χ4v) is 1.90. The van der Waals surface area contributed by atoms with Crippen molar-refractivity contribution in [1.82, 2.24) is 10.2 Å². The van der Waals surface area contributed by atoms with Crippen molar-refractivity contribution in [2.45, 2.75) is 19.9 Å². The first-order valence-electron chi connectivity index (χ1n) is 5.08. The van der Waals surface area contributed by atoms with Gasteiger partial charge in [0.2, 0.25) is 5.89 Å². The molecule has 1 aromatic heterocycles. The lowest BCUT2D eigenvalue weighted by molar-refractivity contribution is 0.511. The Kier molecular flexibility index (Phi) is 3.76. The van der Waals surface area contributed by atoms with Crippen molar-refractivity contribution in [3.8, 4) is 0 Å². The van der Waals surface area contributed by atoms with Crippen molar-refractivity contribution in [3.63, 3.8) is 0 Å². The maximum Gasteiger partial charge on any atom is 0.315 e. The summed E-state index contributed by atoms with van der Waals surface area (Å²) >= 11 is 2.29. The highest BCUT2D eigenvalue weighted by atomic mass is 127. The Morgan fingerprint density at radius 3 is 2.94 bits per heavy atom. The van der Waals surface area contributed by atoms with Gasteiger partial charge in [0, 0.05) is 16.5 Å². The first-order chi connectivity index (χ1) is 7.78. The zero-order chi connectivity index (χ0) is 11.4. The van der Waals surface area contributed by atoms with Crippen LogP contribution >= 0.6 is 22.6 Å². The summed E-state index contributed by atoms with van der Waals surface area (Å²) in [5, 5.41) is 10.9. The van der Waals surface area contributed by atoms with Gasteiger partial charge in [0.25, 0.3) is 0 Å². The molecular weight excluding hydrogens is 317 g/mol. The van der Waals surface area contributed by atoms with E-state index in [1.54, 1.807) is 0 Å². The van der Waals surface area contributed by atoms with Gasteiger partial charge in [-0.25, -0.2) is 0 Å². The van der Waals surface area contributed by atoms with Crippen LogP contribution in [0, 0.1) is 3.57 Å². The SMILES string of the molecule is CCc1nnc(NCc2cccc(I)c2)o1. The molecule has 0 unspecified atom stereocenters. The number of aromatic nitrogens is 2. The van der Waals surface area contributed by atoms with E-state index in [4.69, 9.17) is 4.42 Å². The number of hydrogen-bond acceptors (Lipinski definition) is 4. The van der Waals surface area contributed by atoms with Crippen LogP contribution in [-0.2, 0) is 13.0 Å². The van der Waals surface area contributed by atoms with Gasteiger partial charge >= 0.3 is 6.01 Å². The second-order valence-electron chi connectivity index (χ2n) is 3.34. The number of benzene rings is 1. The molecule has 16 heavy (non-hydrogen) atoms. The van der Waals surface area contributed by atoms with Gasteiger partial charge < -0.3 is 9.73 Å². The third-order valence-corrected chi connectivity index (χ3v) is 2.77. The minimum absolute atomic E-state index is 0.482. The Morgan fingerprint density at radius 2 is 2.25 bits per heavy atom. The quantitative estimate of drug-likeness (QED) is 0.877. The van der Waals surface area contributed by atoms with E-state index >= 15 is 0 Å². The predicted octanol–water partition coefficient (Wildman–Crippen LogP) is 2.85. The molecule has 0 aliphatic carbocycles. The Hall–Kier alpha value is -1.11. The molecule has 1 aromatic carbocycles. The van der Waals surface area contributed by atoms with E-state index in [0.29, 0.717) is 18.5 Å². The van der Waals surface area contributed by atoms with Crippen LogP contribution in [0.3, 0.4) is 0 Å². The Bertz CT molecular complexity index is 470. The summed E-state index contributed by atoms with van der Waals surface area (Å²) in [4.78, 5) is 0. The largest absolute Gasteiger partial charge is 0.408 e. The number of halogens is 1. The monoisotopic (exact) mass is 329 g/mol. The Balaban J connectivity index is 1.96. The molecule has 0 aliphatic heterocycles. The normalized spacial score (nSPS) is 10.4. The zero-order valence-corrected chi connectivity index (χ0v) is 11.1. The molecule has 0 bridgehead atoms. The molecule has 0 radical (unpaired) electrons. The van der Waals surface area contributed by atoms with Crippen LogP contribution in [0.1, 0.15) is 18.4 Å². The molecule has 0 saturated carbocycles. The molecule has 0 spiro atoms. The molecular formula is C11H12IN3O. The number of aryl methyl sites for hydroxylation is 1. The predicted molar refractivity (Wildman–Crippen MR) is 70.2 cm³/mol. The zero-order valence-electron chi connectivity index (χ0n) is 8.90. The molecule has 1 heterocycles. The average molecular weight is 329 g/mol. The van der Waals surface area contributed by atoms with E-state index in [1.807, 2.05) is 13.0 Å². The van der Waals surface area contributed by atoms with E-state index in [2.05, 4.69) is 56.3 Å². The molecule has 0 fully saturated rings. The third kappa shape index (κ3) is 2.94. The van der Waals surface area contributed by atoms with Crippen LogP contribution in [0.25, 0.3) is 0 Å². The van der Waals surface area contributed by atoms with Crippen molar-refractivity contribution >= 4 is 28.6 Å². The van der Waals surface area contributed by atoms with Crippen molar-refractivity contribution in [2.24, 2.45) is 0 Å². The van der Waals surface area contributed by atoms with Gasteiger partial charge in [-0.1, -0.05) is 24.2 Å². The lowest BCUT2D eigenvalue weighted by Gasteiger charge is -2.01. The van der Waals surface area contributed by atoms with Gasteiger partial charge in [-0.05, 0) is 40.3 Å². The number of anilines is 1. The van der Waals surface area contributed by atoms with Gasteiger partial charge in [0.05, 0.1) is 0 Å². The second-order valence-corrected chi connectivity index (χ2v) is 4.58. The third-order valence-electron chi connectivity index (χ3n) is 2.10. The summed E-state index contributed by atoms with van der Waals surface area (Å²) in [7, 11) is 0. The number of nitrogens with zero attached hydrogens (tertiary/aromatic N) is 2. The molecule has 0 atom stereocenters. The maximum atomic E-state index is 5.35. The first-order valence-corrected chi connectivity index (χ1v) is 6.16. The van der Waals surface area contributed by atoms with E-state index < -0.39 is 0 Å². The highest BCUT2D eigenvalue weighted by Crippen LogP contribution is 2.11. The lowest BCUT2D eigenvalue weighted by atomic mass is 10.2. The minimum atomic E-state index is 0.482. The van der Waals surface area contributed by atoms with Gasteiger partial charge in [0.1, 0.15) is 0 Å². The van der Waals surface area contributed by atoms with Crippen molar-refractivity contribution in [1.29, 1.82) is 0 Å². The van der Waals surface area contributed by atoms with E-state index in [0.717, 1.165) is 6.42 Å². The minimum Gasteiger partial charge on any atom is -0.408 e. The van der Waals surface area contributed by atoms with Crippen LogP contribution in [0.15, 0.2) is 28.7 Å². The lowest BCUT2D eigenvalue weighted by Crippen LogP contribution is -1.99. The second kappa shape index (κ2) is 5.29. The van der Waals surface area contributed by atoms with E-state index in [9.17, 15) is 0 Å². The van der Waals surface area contributed by atoms with Gasteiger partial charge in [-0.15, -0.1) is 5.10 Å². The summed E-state index contributed by atoms with van der Waals surface area (Å²) < 4.78 is 6.57. The summed E-state index contributed by atoms with van der Waals surface area (Å²) in [6.07, 6.45) is 0.762. The molecule has 2 rings (SSSR count). The fraction of sp³-hybridized carbons (Fsp3) is 0.273. The van der Waals surface area contributed by atoms with Crippen LogP contribution in [0.4, 0.5) is 6.01 Å². The standard InChI is InChI=1S/C11H12IN3O/c1-2-10-14-15-11(16-10)13-7-8-4-3-5-9(12)6-8/h3-6H,2,7H2,1H3,(H,13,15). The summed E-state index contributed by atoms with van der Waals surface area (Å²) in [5.74, 6) is 0.658. The van der Waals surface area contributed by atoms with E-state index in [-0.39, 0.29) is 0 Å². The molecule has 4 nitrogen and oxygen atoms in total. The average Bonchev–Trinajstić information content (AvgIpc) is 2.74.